The molecule has 1 aliphatic carbocycles. The number of nitrogens with zero attached hydrogens (tertiary/aromatic N) is 4. The molecule has 1 unspecified atom stereocenters. The Morgan fingerprint density at radius 2 is 1.47 bits per heavy atom. The Morgan fingerprint density at radius 1 is 0.802 bits per heavy atom. The molecule has 22 heteroatoms. The summed E-state index contributed by atoms with van der Waals surface area (Å²) in [4.78, 5) is 45.3. The summed E-state index contributed by atoms with van der Waals surface area (Å²) in [5.41, 5.74) is -0.602. The SMILES string of the molecule is CC1(C)CCC(c2ccc(Cl)cc2)=C(CN2CCN(c3ccc(C(=O)NS(=O)(=O)c4ccc(N[C@H](CCN5CCN(Cc6cccc(C7CCC(=O)NC7=O)c6F)CC5)CSc5ccccc5)c(S(=O)(=O)C(F)(F)F)c4)cc3)CC2)C1. The quantitative estimate of drug-likeness (QED) is 0.0406. The Morgan fingerprint density at radius 3 is 2.15 bits per heavy atom. The third-order valence-corrected chi connectivity index (χ3v) is 19.9. The number of hydrogen-bond donors (Lipinski definition) is 3. The average Bonchev–Trinajstić information content (AvgIpc) is 3.60. The lowest BCUT2D eigenvalue weighted by atomic mass is 9.73. The molecule has 0 spiro atoms. The van der Waals surface area contributed by atoms with Crippen LogP contribution in [0.2, 0.25) is 5.02 Å². The zero-order valence-corrected chi connectivity index (χ0v) is 48.3. The maximum Gasteiger partial charge on any atom is 0.501 e. The van der Waals surface area contributed by atoms with E-state index >= 15 is 4.39 Å². The topological polar surface area (TPSA) is 169 Å². The summed E-state index contributed by atoms with van der Waals surface area (Å²) in [5, 5.41) is 6.00. The second-order valence-corrected chi connectivity index (χ2v) is 27.1. The molecule has 3 N–H and O–H groups in total. The van der Waals surface area contributed by atoms with E-state index in [1.165, 1.54) is 40.6 Å². The van der Waals surface area contributed by atoms with Crippen LogP contribution in [-0.4, -0.2) is 132 Å². The van der Waals surface area contributed by atoms with Crippen molar-refractivity contribution < 1.29 is 48.8 Å². The van der Waals surface area contributed by atoms with Gasteiger partial charge < -0.3 is 15.1 Å². The number of alkyl halides is 3. The number of benzene rings is 5. The monoisotopic (exact) mass is 1190 g/mol. The first-order chi connectivity index (χ1) is 38.5. The van der Waals surface area contributed by atoms with Gasteiger partial charge in [-0.1, -0.05) is 79.6 Å². The fourth-order valence-corrected chi connectivity index (χ4v) is 14.2. The highest BCUT2D eigenvalue weighted by Gasteiger charge is 2.48. The van der Waals surface area contributed by atoms with Crippen molar-refractivity contribution in [1.29, 1.82) is 0 Å². The summed E-state index contributed by atoms with van der Waals surface area (Å²) in [6.07, 6.45) is 3.78. The Bertz CT molecular complexity index is 3360. The number of carbonyl (C=O) groups excluding carboxylic acids is 3. The highest BCUT2D eigenvalue weighted by molar-refractivity contribution is 7.99. The number of sulfonamides is 1. The van der Waals surface area contributed by atoms with Gasteiger partial charge in [-0.15, -0.1) is 11.8 Å². The molecule has 14 nitrogen and oxygen atoms in total. The zero-order valence-electron chi connectivity index (χ0n) is 45.1. The van der Waals surface area contributed by atoms with Crippen molar-refractivity contribution in [2.45, 2.75) is 91.1 Å². The summed E-state index contributed by atoms with van der Waals surface area (Å²) >= 11 is 7.61. The molecule has 3 saturated heterocycles. The molecule has 3 fully saturated rings. The van der Waals surface area contributed by atoms with Gasteiger partial charge >= 0.3 is 5.51 Å². The van der Waals surface area contributed by atoms with Crippen LogP contribution in [0.25, 0.3) is 5.57 Å². The van der Waals surface area contributed by atoms with Gasteiger partial charge in [-0.3, -0.25) is 29.5 Å². The van der Waals surface area contributed by atoms with Crippen LogP contribution in [0.15, 0.2) is 136 Å². The summed E-state index contributed by atoms with van der Waals surface area (Å²) in [6, 6.07) is 30.3. The molecule has 2 atom stereocenters. The number of anilines is 2. The maximum absolute atomic E-state index is 15.8. The number of thioether (sulfide) groups is 1. The van der Waals surface area contributed by atoms with E-state index in [2.05, 4.69) is 56.2 Å². The minimum absolute atomic E-state index is 0.0325. The van der Waals surface area contributed by atoms with Gasteiger partial charge in [0.2, 0.25) is 11.8 Å². The summed E-state index contributed by atoms with van der Waals surface area (Å²) in [6.45, 7) is 11.4. The molecule has 0 aromatic heterocycles. The van der Waals surface area contributed by atoms with Crippen LogP contribution in [0.4, 0.5) is 28.9 Å². The van der Waals surface area contributed by atoms with E-state index in [0.29, 0.717) is 68.9 Å². The molecule has 3 aliphatic heterocycles. The molecule has 0 bridgehead atoms. The Labute approximate surface area is 480 Å². The first kappa shape index (κ1) is 59.8. The molecule has 4 aliphatic rings. The summed E-state index contributed by atoms with van der Waals surface area (Å²) < 4.78 is 115. The minimum atomic E-state index is -6.15. The number of allylic oxidation sites excluding steroid dienone is 1. The van der Waals surface area contributed by atoms with Crippen molar-refractivity contribution in [2.75, 3.05) is 81.4 Å². The molecule has 9 rings (SSSR count). The van der Waals surface area contributed by atoms with Crippen LogP contribution in [0.5, 0.6) is 0 Å². The van der Waals surface area contributed by atoms with Crippen molar-refractivity contribution in [2.24, 2.45) is 5.41 Å². The minimum Gasteiger partial charge on any atom is -0.380 e. The Hall–Kier alpha value is -5.81. The van der Waals surface area contributed by atoms with Gasteiger partial charge in [0.25, 0.3) is 25.8 Å². The smallest absolute Gasteiger partial charge is 0.380 e. The summed E-state index contributed by atoms with van der Waals surface area (Å²) in [5.74, 6) is -2.93. The number of carbonyl (C=O) groups is 3. The van der Waals surface area contributed by atoms with Gasteiger partial charge in [0.05, 0.1) is 16.5 Å². The van der Waals surface area contributed by atoms with E-state index in [4.69, 9.17) is 11.6 Å². The van der Waals surface area contributed by atoms with Crippen LogP contribution in [0.3, 0.4) is 0 Å². The highest BCUT2D eigenvalue weighted by Crippen LogP contribution is 2.43. The second-order valence-electron chi connectivity index (χ2n) is 22.0. The molecule has 3 heterocycles. The predicted octanol–water partition coefficient (Wildman–Crippen LogP) is 9.98. The van der Waals surface area contributed by atoms with Crippen LogP contribution in [0.1, 0.15) is 85.3 Å². The number of piperazine rings is 2. The lowest BCUT2D eigenvalue weighted by Gasteiger charge is -2.39. The normalized spacial score (nSPS) is 19.3. The molecule has 5 aromatic carbocycles. The molecular formula is C59H66ClF4N7O7S3. The number of rotatable bonds is 19. The number of sulfone groups is 1. The first-order valence-corrected chi connectivity index (χ1v) is 31.4. The Balaban J connectivity index is 0.837. The van der Waals surface area contributed by atoms with E-state index in [1.54, 1.807) is 30.3 Å². The van der Waals surface area contributed by atoms with Crippen LogP contribution in [-0.2, 0) is 36.0 Å². The second kappa shape index (κ2) is 25.4. The van der Waals surface area contributed by atoms with Gasteiger partial charge in [-0.25, -0.2) is 25.9 Å². The molecule has 0 saturated carbocycles. The highest BCUT2D eigenvalue weighted by atomic mass is 35.5. The van der Waals surface area contributed by atoms with E-state index in [-0.39, 0.29) is 47.6 Å². The number of imide groups is 1. The van der Waals surface area contributed by atoms with Crippen molar-refractivity contribution in [1.82, 2.24) is 24.7 Å². The van der Waals surface area contributed by atoms with Crippen LogP contribution >= 0.6 is 23.4 Å². The lowest BCUT2D eigenvalue weighted by Crippen LogP contribution is -2.47. The van der Waals surface area contributed by atoms with Crippen LogP contribution < -0.4 is 20.3 Å². The van der Waals surface area contributed by atoms with Gasteiger partial charge in [0.15, 0.2) is 0 Å². The molecular weight excluding hydrogens is 1130 g/mol. The number of piperidine rings is 1. The van der Waals surface area contributed by atoms with Crippen molar-refractivity contribution in [3.63, 3.8) is 0 Å². The average molecular weight is 1190 g/mol. The standard InChI is InChI=1S/C59H66ClF4N7O7S3/c1-58(2)25-23-49(40-11-15-44(60)16-12-40)43(36-58)38-70-31-33-71(34-32-70)46-17-13-41(14-18-46)56(73)67-81(77,78)48-19-21-52(53(35-48)80(75,76)59(62,63)64)65-45(39-79-47-8-4-3-5-9-47)24-26-68-27-29-69(30-28-68)37-42-7-6-10-50(55(42)61)51-20-22-54(72)66-57(51)74/h3-19,21,35,45,51,65H,20,22-34,36-39H2,1-2H3,(H,67,73)(H,66,72,74)/t45-,51?/m1/s1. The number of halogens is 5. The van der Waals surface area contributed by atoms with E-state index < -0.39 is 70.4 Å². The lowest BCUT2D eigenvalue weighted by molar-refractivity contribution is -0.134. The fraction of sp³-hybridized carbons (Fsp3) is 0.407. The molecule has 432 valence electrons. The van der Waals surface area contributed by atoms with Crippen LogP contribution in [0, 0.1) is 11.2 Å². The van der Waals surface area contributed by atoms with E-state index in [1.807, 2.05) is 47.2 Å². The Kier molecular flexibility index (Phi) is 18.7. The van der Waals surface area contributed by atoms with Gasteiger partial charge in [0, 0.05) is 123 Å². The zero-order chi connectivity index (χ0) is 57.7. The van der Waals surface area contributed by atoms with Gasteiger partial charge in [-0.2, -0.15) is 13.2 Å². The number of hydrogen-bond acceptors (Lipinski definition) is 13. The molecule has 0 radical (unpaired) electrons. The van der Waals surface area contributed by atoms with E-state index in [0.717, 1.165) is 61.6 Å². The first-order valence-electron chi connectivity index (χ1n) is 27.1. The van der Waals surface area contributed by atoms with Gasteiger partial charge in [-0.05, 0) is 115 Å². The molecule has 5 aromatic rings. The largest absolute Gasteiger partial charge is 0.501 e. The third kappa shape index (κ3) is 14.9. The fourth-order valence-electron chi connectivity index (χ4n) is 11.1. The van der Waals surface area contributed by atoms with Crippen molar-refractivity contribution >= 4 is 77.9 Å². The van der Waals surface area contributed by atoms with Crippen molar-refractivity contribution in [3.8, 4) is 0 Å². The maximum atomic E-state index is 15.8. The molecule has 81 heavy (non-hydrogen) atoms. The number of nitrogens with one attached hydrogen (secondary N) is 3. The third-order valence-electron chi connectivity index (χ3n) is 15.7. The predicted molar refractivity (Wildman–Crippen MR) is 308 cm³/mol. The van der Waals surface area contributed by atoms with Crippen molar-refractivity contribution in [3.05, 3.63) is 154 Å². The molecule has 3 amide bonds. The van der Waals surface area contributed by atoms with Gasteiger partial charge in [0.1, 0.15) is 10.7 Å². The van der Waals surface area contributed by atoms with E-state index in [9.17, 15) is 44.4 Å². The number of amides is 3. The summed E-state index contributed by atoms with van der Waals surface area (Å²) in [7, 11) is -11.1.